The topological polar surface area (TPSA) is 65.0 Å². The molecule has 0 atom stereocenters. The van der Waals surface area contributed by atoms with E-state index in [1.54, 1.807) is 12.1 Å². The van der Waals surface area contributed by atoms with Gasteiger partial charge in [0.2, 0.25) is 0 Å². The maximum Gasteiger partial charge on any atom is 0.336 e. The number of carbonyl (C=O) groups is 1. The van der Waals surface area contributed by atoms with Crippen molar-refractivity contribution in [3.63, 3.8) is 0 Å². The van der Waals surface area contributed by atoms with Crippen LogP contribution in [0.25, 0.3) is 0 Å². The number of nitrogens with zero attached hydrogens (tertiary/aromatic N) is 2. The van der Waals surface area contributed by atoms with Gasteiger partial charge in [0.05, 0.1) is 5.56 Å². The third-order valence-electron chi connectivity index (χ3n) is 7.88. The summed E-state index contributed by atoms with van der Waals surface area (Å²) >= 11 is 0. The van der Waals surface area contributed by atoms with E-state index in [0.717, 1.165) is 54.4 Å². The molecule has 0 radical (unpaired) electrons. The van der Waals surface area contributed by atoms with Gasteiger partial charge in [0, 0.05) is 72.1 Å². The zero-order valence-electron chi connectivity index (χ0n) is 23.6. The van der Waals surface area contributed by atoms with Crippen molar-refractivity contribution < 1.29 is 14.6 Å². The number of hydrogen-bond acceptors (Lipinski definition) is 5. The monoisotopic (exact) mass is 535 g/mol. The predicted octanol–water partition coefficient (Wildman–Crippen LogP) is 7.59. The lowest BCUT2D eigenvalue weighted by molar-refractivity contribution is 0.0694. The van der Waals surface area contributed by atoms with Crippen molar-refractivity contribution in [3.05, 3.63) is 113 Å². The first kappa shape index (κ1) is 27.1. The van der Waals surface area contributed by atoms with Gasteiger partial charge < -0.3 is 25.0 Å². The second kappa shape index (κ2) is 11.3. The predicted molar refractivity (Wildman–Crippen MR) is 163 cm³/mol. The Morgan fingerprint density at radius 1 is 0.700 bits per heavy atom. The number of nitrogens with one attached hydrogen (secondary N) is 1. The molecular formula is C34H37N3O3. The van der Waals surface area contributed by atoms with Gasteiger partial charge in [0.25, 0.3) is 0 Å². The summed E-state index contributed by atoms with van der Waals surface area (Å²) in [5.74, 6) is 0.438. The third-order valence-corrected chi connectivity index (χ3v) is 7.88. The average molecular weight is 536 g/mol. The summed E-state index contributed by atoms with van der Waals surface area (Å²) in [7, 11) is 0. The fourth-order valence-corrected chi connectivity index (χ4v) is 5.87. The number of ether oxygens (including phenoxy) is 1. The Labute approximate surface area is 236 Å². The van der Waals surface area contributed by atoms with Crippen LogP contribution in [0.3, 0.4) is 0 Å². The molecule has 40 heavy (non-hydrogen) atoms. The van der Waals surface area contributed by atoms with Crippen molar-refractivity contribution in [2.45, 2.75) is 33.2 Å². The molecule has 1 aliphatic rings. The summed E-state index contributed by atoms with van der Waals surface area (Å²) in [6, 6.07) is 29.8. The molecule has 1 heterocycles. The Morgan fingerprint density at radius 2 is 1.20 bits per heavy atom. The summed E-state index contributed by atoms with van der Waals surface area (Å²) in [5, 5.41) is 14.2. The lowest BCUT2D eigenvalue weighted by Crippen LogP contribution is -2.42. The lowest BCUT2D eigenvalue weighted by Gasteiger charge is -2.43. The molecule has 2 N–H and O–H groups in total. The maximum atomic E-state index is 12.7. The summed E-state index contributed by atoms with van der Waals surface area (Å²) in [5.41, 5.74) is 4.60. The number of fused-ring (bicyclic) bond motifs is 2. The van der Waals surface area contributed by atoms with Crippen LogP contribution in [-0.4, -0.2) is 37.3 Å². The van der Waals surface area contributed by atoms with E-state index in [9.17, 15) is 9.90 Å². The summed E-state index contributed by atoms with van der Waals surface area (Å²) in [6.07, 6.45) is 0. The van der Waals surface area contributed by atoms with Gasteiger partial charge in [-0.3, -0.25) is 0 Å². The van der Waals surface area contributed by atoms with Crippen LogP contribution >= 0.6 is 0 Å². The fourth-order valence-electron chi connectivity index (χ4n) is 5.87. The molecule has 0 spiro atoms. The number of carboxylic acids is 1. The van der Waals surface area contributed by atoms with Gasteiger partial charge in [-0.25, -0.2) is 4.79 Å². The highest BCUT2D eigenvalue weighted by Gasteiger charge is 2.46. The lowest BCUT2D eigenvalue weighted by atomic mass is 9.73. The summed E-state index contributed by atoms with van der Waals surface area (Å²) in [6.45, 7) is 12.0. The Hall–Kier alpha value is -4.45. The largest absolute Gasteiger partial charge is 0.478 e. The van der Waals surface area contributed by atoms with Crippen molar-refractivity contribution >= 4 is 23.0 Å². The van der Waals surface area contributed by atoms with Crippen molar-refractivity contribution in [1.29, 1.82) is 0 Å². The second-order valence-corrected chi connectivity index (χ2v) is 9.90. The zero-order valence-corrected chi connectivity index (χ0v) is 23.6. The van der Waals surface area contributed by atoms with Crippen LogP contribution in [0.4, 0.5) is 17.1 Å². The number of benzene rings is 4. The first-order chi connectivity index (χ1) is 19.5. The molecule has 4 aromatic rings. The molecule has 206 valence electrons. The van der Waals surface area contributed by atoms with Gasteiger partial charge in [-0.1, -0.05) is 48.5 Å². The molecule has 0 bridgehead atoms. The first-order valence-electron chi connectivity index (χ1n) is 14.1. The first-order valence-corrected chi connectivity index (χ1v) is 14.1. The van der Waals surface area contributed by atoms with Crippen LogP contribution in [-0.2, 0) is 5.54 Å². The van der Waals surface area contributed by atoms with Crippen LogP contribution in [0.5, 0.6) is 11.5 Å². The number of anilines is 3. The number of para-hydroxylation sites is 1. The van der Waals surface area contributed by atoms with Gasteiger partial charge in [-0.2, -0.15) is 0 Å². The van der Waals surface area contributed by atoms with Crippen LogP contribution in [0.1, 0.15) is 54.7 Å². The highest BCUT2D eigenvalue weighted by Crippen LogP contribution is 2.54. The molecule has 0 aliphatic carbocycles. The van der Waals surface area contributed by atoms with E-state index in [-0.39, 0.29) is 5.56 Å². The smallest absolute Gasteiger partial charge is 0.336 e. The Bertz CT molecular complexity index is 1430. The maximum absolute atomic E-state index is 12.7. The molecule has 0 saturated carbocycles. The third kappa shape index (κ3) is 4.64. The molecule has 0 aromatic heterocycles. The van der Waals surface area contributed by atoms with Gasteiger partial charge in [-0.05, 0) is 58.0 Å². The fraction of sp³-hybridized carbons (Fsp3) is 0.265. The van der Waals surface area contributed by atoms with Gasteiger partial charge >= 0.3 is 5.97 Å². The van der Waals surface area contributed by atoms with Gasteiger partial charge in [0.1, 0.15) is 17.0 Å². The van der Waals surface area contributed by atoms with Crippen LogP contribution in [0, 0.1) is 0 Å². The summed E-state index contributed by atoms with van der Waals surface area (Å²) < 4.78 is 6.71. The number of rotatable bonds is 10. The molecule has 1 aliphatic heterocycles. The molecule has 6 heteroatoms. The molecule has 5 rings (SSSR count). The minimum atomic E-state index is -1.02. The zero-order chi connectivity index (χ0) is 28.3. The van der Waals surface area contributed by atoms with Gasteiger partial charge in [0.15, 0.2) is 0 Å². The van der Waals surface area contributed by atoms with E-state index >= 15 is 0 Å². The average Bonchev–Trinajstić information content (AvgIpc) is 2.98. The van der Waals surface area contributed by atoms with E-state index in [0.29, 0.717) is 17.1 Å². The Kier molecular flexibility index (Phi) is 7.69. The van der Waals surface area contributed by atoms with Crippen LogP contribution in [0.2, 0.25) is 0 Å². The standard InChI is InChI=1S/C34H37N3O3/c1-5-36(6-2)25-18-20-29-31(22-25)40-32-23-26(37(7-3)8-4)19-21-30(32)34(29,35-24-14-10-9-11-15-24)28-17-13-12-16-27(28)33(38)39/h9-23,35H,5-8H2,1-4H3,(H,38,39). The molecular weight excluding hydrogens is 498 g/mol. The molecule has 4 aromatic carbocycles. The number of carboxylic acid groups (broad SMARTS) is 1. The number of hydrogen-bond donors (Lipinski definition) is 2. The van der Waals surface area contributed by atoms with Crippen LogP contribution < -0.4 is 19.9 Å². The SMILES string of the molecule is CCN(CC)c1ccc2c(c1)Oc1cc(N(CC)CC)ccc1C2(Nc1ccccc1)c1ccccc1C(=O)O. The van der Waals surface area contributed by atoms with Gasteiger partial charge in [-0.15, -0.1) is 0 Å². The van der Waals surface area contributed by atoms with E-state index in [4.69, 9.17) is 4.74 Å². The van der Waals surface area contributed by atoms with Crippen LogP contribution in [0.15, 0.2) is 91.0 Å². The second-order valence-electron chi connectivity index (χ2n) is 9.90. The Morgan fingerprint density at radius 3 is 1.70 bits per heavy atom. The summed E-state index contributed by atoms with van der Waals surface area (Å²) in [4.78, 5) is 17.2. The quantitative estimate of drug-likeness (QED) is 0.218. The van der Waals surface area contributed by atoms with E-state index in [2.05, 4.69) is 79.2 Å². The Balaban J connectivity index is 1.86. The van der Waals surface area contributed by atoms with E-state index in [1.807, 2.05) is 42.5 Å². The molecule has 0 fully saturated rings. The minimum Gasteiger partial charge on any atom is -0.478 e. The highest BCUT2D eigenvalue weighted by molar-refractivity contribution is 5.91. The molecule has 0 amide bonds. The number of aromatic carboxylic acids is 1. The molecule has 6 nitrogen and oxygen atoms in total. The highest BCUT2D eigenvalue weighted by atomic mass is 16.5. The van der Waals surface area contributed by atoms with Crippen molar-refractivity contribution in [1.82, 2.24) is 0 Å². The minimum absolute atomic E-state index is 0.241. The van der Waals surface area contributed by atoms with E-state index in [1.165, 1.54) is 0 Å². The van der Waals surface area contributed by atoms with Crippen molar-refractivity contribution in [3.8, 4) is 11.5 Å². The normalized spacial score (nSPS) is 13.0. The molecule has 0 unspecified atom stereocenters. The van der Waals surface area contributed by atoms with Crippen molar-refractivity contribution in [2.24, 2.45) is 0 Å². The van der Waals surface area contributed by atoms with Crippen molar-refractivity contribution in [2.75, 3.05) is 41.3 Å². The molecule has 0 saturated heterocycles. The van der Waals surface area contributed by atoms with E-state index < -0.39 is 11.5 Å².